The van der Waals surface area contributed by atoms with Crippen LogP contribution in [0.25, 0.3) is 0 Å². The summed E-state index contributed by atoms with van der Waals surface area (Å²) >= 11 is 0. The summed E-state index contributed by atoms with van der Waals surface area (Å²) in [5.41, 5.74) is 5.40. The number of carbonyl (C=O) groups is 3. The zero-order valence-corrected chi connectivity index (χ0v) is 12.8. The number of hydrogen-bond acceptors (Lipinski definition) is 4. The van der Waals surface area contributed by atoms with Gasteiger partial charge < -0.3 is 20.9 Å². The number of primary amides is 1. The predicted molar refractivity (Wildman–Crippen MR) is 79.5 cm³/mol. The van der Waals surface area contributed by atoms with Gasteiger partial charge in [-0.2, -0.15) is 0 Å². The fourth-order valence-electron chi connectivity index (χ4n) is 1.69. The summed E-state index contributed by atoms with van der Waals surface area (Å²) < 4.78 is 5.07. The fourth-order valence-corrected chi connectivity index (χ4v) is 1.69. The summed E-state index contributed by atoms with van der Waals surface area (Å²) in [6.07, 6.45) is -0.590. The molecule has 0 radical (unpaired) electrons. The number of nitrogens with two attached hydrogens (primary N) is 1. The molecule has 1 aromatic rings. The van der Waals surface area contributed by atoms with Crippen LogP contribution >= 0.6 is 0 Å². The molecule has 1 rings (SSSR count). The molecular formula is C15H20N2O5. The van der Waals surface area contributed by atoms with Gasteiger partial charge in [0.05, 0.1) is 5.56 Å². The van der Waals surface area contributed by atoms with Crippen molar-refractivity contribution in [2.75, 3.05) is 0 Å². The van der Waals surface area contributed by atoms with Crippen LogP contribution in [0.5, 0.6) is 0 Å². The summed E-state index contributed by atoms with van der Waals surface area (Å²) in [6, 6.07) is 5.03. The molecule has 4 N–H and O–H groups in total. The number of rotatable bonds is 5. The number of hydrogen-bond donors (Lipinski definition) is 3. The highest BCUT2D eigenvalue weighted by Gasteiger charge is 2.23. The molecule has 2 amide bonds. The zero-order valence-electron chi connectivity index (χ0n) is 12.8. The summed E-state index contributed by atoms with van der Waals surface area (Å²) in [5.74, 6) is -1.74. The molecule has 7 heteroatoms. The number of benzene rings is 1. The third kappa shape index (κ3) is 5.82. The lowest BCUT2D eigenvalue weighted by Gasteiger charge is -2.22. The Kier molecular flexibility index (Phi) is 5.50. The van der Waals surface area contributed by atoms with E-state index in [1.165, 1.54) is 12.1 Å². The van der Waals surface area contributed by atoms with Gasteiger partial charge in [0.1, 0.15) is 11.6 Å². The quantitative estimate of drug-likeness (QED) is 0.757. The Hall–Kier alpha value is -2.57. The number of carboxylic acid groups (broad SMARTS) is 1. The molecule has 0 unspecified atom stereocenters. The summed E-state index contributed by atoms with van der Waals surface area (Å²) in [4.78, 5) is 33.9. The standard InChI is InChI=1S/C15H20N2O5/c1-15(2,3)22-14(21)17-11(12(16)18)8-9-4-6-10(7-5-9)13(19)20/h4-7,11H,8H2,1-3H3,(H2,16,18)(H,17,21)(H,19,20)/t11-/m1/s1. The van der Waals surface area contributed by atoms with Crippen LogP contribution in [0, 0.1) is 0 Å². The Labute approximate surface area is 128 Å². The van der Waals surface area contributed by atoms with E-state index in [4.69, 9.17) is 15.6 Å². The maximum atomic E-state index is 11.7. The first-order valence-electron chi connectivity index (χ1n) is 6.69. The summed E-state index contributed by atoms with van der Waals surface area (Å²) in [5, 5.41) is 11.2. The van der Waals surface area contributed by atoms with Crippen LogP contribution in [0.3, 0.4) is 0 Å². The van der Waals surface area contributed by atoms with Crippen molar-refractivity contribution in [1.29, 1.82) is 0 Å². The van der Waals surface area contributed by atoms with Crippen molar-refractivity contribution in [1.82, 2.24) is 5.32 Å². The first-order chi connectivity index (χ1) is 10.1. The lowest BCUT2D eigenvalue weighted by atomic mass is 10.0. The molecule has 0 fully saturated rings. The highest BCUT2D eigenvalue weighted by Crippen LogP contribution is 2.09. The predicted octanol–water partition coefficient (Wildman–Crippen LogP) is 1.31. The highest BCUT2D eigenvalue weighted by atomic mass is 16.6. The minimum Gasteiger partial charge on any atom is -0.478 e. The van der Waals surface area contributed by atoms with Gasteiger partial charge in [-0.15, -0.1) is 0 Å². The molecule has 1 atom stereocenters. The minimum atomic E-state index is -1.04. The summed E-state index contributed by atoms with van der Waals surface area (Å²) in [6.45, 7) is 5.11. The van der Waals surface area contributed by atoms with E-state index in [2.05, 4.69) is 5.32 Å². The topological polar surface area (TPSA) is 119 Å². The normalized spacial score (nSPS) is 12.3. The SMILES string of the molecule is CC(C)(C)OC(=O)N[C@H](Cc1ccc(C(=O)O)cc1)C(N)=O. The summed E-state index contributed by atoms with van der Waals surface area (Å²) in [7, 11) is 0. The molecule has 0 aliphatic rings. The second-order valence-corrected chi connectivity index (χ2v) is 5.81. The average Bonchev–Trinajstić information content (AvgIpc) is 2.36. The first-order valence-corrected chi connectivity index (χ1v) is 6.69. The van der Waals surface area contributed by atoms with Gasteiger partial charge in [0, 0.05) is 6.42 Å². The first kappa shape index (κ1) is 17.5. The number of carboxylic acids is 1. The molecular weight excluding hydrogens is 288 g/mol. The van der Waals surface area contributed by atoms with E-state index in [0.717, 1.165) is 0 Å². The highest BCUT2D eigenvalue weighted by molar-refractivity contribution is 5.87. The molecule has 0 spiro atoms. The van der Waals surface area contributed by atoms with E-state index < -0.39 is 29.6 Å². The maximum Gasteiger partial charge on any atom is 0.408 e. The van der Waals surface area contributed by atoms with E-state index in [1.807, 2.05) is 0 Å². The van der Waals surface area contributed by atoms with E-state index in [0.29, 0.717) is 5.56 Å². The Bertz CT molecular complexity index is 560. The molecule has 0 aliphatic heterocycles. The van der Waals surface area contributed by atoms with Gasteiger partial charge in [0.15, 0.2) is 0 Å². The number of carbonyl (C=O) groups excluding carboxylic acids is 2. The van der Waals surface area contributed by atoms with Crippen molar-refractivity contribution >= 4 is 18.0 Å². The van der Waals surface area contributed by atoms with Crippen molar-refractivity contribution < 1.29 is 24.2 Å². The van der Waals surface area contributed by atoms with Crippen molar-refractivity contribution in [2.24, 2.45) is 5.73 Å². The van der Waals surface area contributed by atoms with E-state index in [1.54, 1.807) is 32.9 Å². The Morgan fingerprint density at radius 3 is 2.18 bits per heavy atom. The Morgan fingerprint density at radius 2 is 1.77 bits per heavy atom. The largest absolute Gasteiger partial charge is 0.478 e. The number of ether oxygens (including phenoxy) is 1. The zero-order chi connectivity index (χ0) is 16.9. The van der Waals surface area contributed by atoms with E-state index in [-0.39, 0.29) is 12.0 Å². The molecule has 0 aromatic heterocycles. The van der Waals surface area contributed by atoms with Crippen LogP contribution in [0.4, 0.5) is 4.79 Å². The lowest BCUT2D eigenvalue weighted by molar-refractivity contribution is -0.120. The third-order valence-corrected chi connectivity index (χ3v) is 2.68. The molecule has 22 heavy (non-hydrogen) atoms. The third-order valence-electron chi connectivity index (χ3n) is 2.68. The monoisotopic (exact) mass is 308 g/mol. The van der Waals surface area contributed by atoms with Gasteiger partial charge in [-0.3, -0.25) is 4.79 Å². The fraction of sp³-hybridized carbons (Fsp3) is 0.400. The number of alkyl carbamates (subject to hydrolysis) is 1. The van der Waals surface area contributed by atoms with Gasteiger partial charge in [0.25, 0.3) is 0 Å². The second-order valence-electron chi connectivity index (χ2n) is 5.81. The second kappa shape index (κ2) is 6.93. The van der Waals surface area contributed by atoms with Crippen molar-refractivity contribution in [2.45, 2.75) is 38.8 Å². The van der Waals surface area contributed by atoms with Crippen LogP contribution in [-0.2, 0) is 16.0 Å². The molecule has 0 heterocycles. The van der Waals surface area contributed by atoms with Crippen molar-refractivity contribution in [3.8, 4) is 0 Å². The van der Waals surface area contributed by atoms with Gasteiger partial charge in [-0.05, 0) is 38.5 Å². The molecule has 120 valence electrons. The van der Waals surface area contributed by atoms with E-state index in [9.17, 15) is 14.4 Å². The number of amides is 2. The lowest BCUT2D eigenvalue weighted by Crippen LogP contribution is -2.47. The van der Waals surface area contributed by atoms with Crippen LogP contribution in [-0.4, -0.2) is 34.7 Å². The van der Waals surface area contributed by atoms with Crippen molar-refractivity contribution in [3.63, 3.8) is 0 Å². The molecule has 0 bridgehead atoms. The van der Waals surface area contributed by atoms with Crippen LogP contribution in [0.1, 0.15) is 36.7 Å². The van der Waals surface area contributed by atoms with E-state index >= 15 is 0 Å². The van der Waals surface area contributed by atoms with Gasteiger partial charge in [-0.25, -0.2) is 9.59 Å². The average molecular weight is 308 g/mol. The number of aromatic carboxylic acids is 1. The number of nitrogens with one attached hydrogen (secondary N) is 1. The maximum absolute atomic E-state index is 11.7. The van der Waals surface area contributed by atoms with Crippen LogP contribution in [0.15, 0.2) is 24.3 Å². The van der Waals surface area contributed by atoms with Crippen LogP contribution in [0.2, 0.25) is 0 Å². The Morgan fingerprint density at radius 1 is 1.23 bits per heavy atom. The van der Waals surface area contributed by atoms with Crippen molar-refractivity contribution in [3.05, 3.63) is 35.4 Å². The molecule has 0 saturated heterocycles. The molecule has 1 aromatic carbocycles. The van der Waals surface area contributed by atoms with Crippen LogP contribution < -0.4 is 11.1 Å². The molecule has 0 aliphatic carbocycles. The van der Waals surface area contributed by atoms with Gasteiger partial charge >= 0.3 is 12.1 Å². The Balaban J connectivity index is 2.74. The van der Waals surface area contributed by atoms with Gasteiger partial charge in [0.2, 0.25) is 5.91 Å². The molecule has 7 nitrogen and oxygen atoms in total. The smallest absolute Gasteiger partial charge is 0.408 e. The minimum absolute atomic E-state index is 0.138. The van der Waals surface area contributed by atoms with Gasteiger partial charge in [-0.1, -0.05) is 12.1 Å². The molecule has 0 saturated carbocycles.